The molecule has 20 heavy (non-hydrogen) atoms. The Labute approximate surface area is 120 Å². The average Bonchev–Trinajstić information content (AvgIpc) is 2.45. The first-order valence-electron chi connectivity index (χ1n) is 7.49. The summed E-state index contributed by atoms with van der Waals surface area (Å²) in [5, 5.41) is 19.7. The lowest BCUT2D eigenvalue weighted by molar-refractivity contribution is 0.0179. The van der Waals surface area contributed by atoms with Crippen LogP contribution < -0.4 is 0 Å². The molecule has 2 aliphatic carbocycles. The van der Waals surface area contributed by atoms with Gasteiger partial charge in [-0.25, -0.2) is 0 Å². The number of hydrogen-bond donors (Lipinski definition) is 2. The Kier molecular flexibility index (Phi) is 3.26. The fourth-order valence-corrected chi connectivity index (χ4v) is 4.24. The Morgan fingerprint density at radius 1 is 1.40 bits per heavy atom. The van der Waals surface area contributed by atoms with Crippen molar-refractivity contribution in [3.05, 3.63) is 29.3 Å². The van der Waals surface area contributed by atoms with Crippen LogP contribution in [0.2, 0.25) is 0 Å². The minimum atomic E-state index is -0.635. The molecule has 4 atom stereocenters. The highest BCUT2D eigenvalue weighted by atomic mass is 16.3. The van der Waals surface area contributed by atoms with Crippen molar-refractivity contribution in [3.63, 3.8) is 0 Å². The lowest BCUT2D eigenvalue weighted by atomic mass is 9.59. The van der Waals surface area contributed by atoms with Gasteiger partial charge in [-0.3, -0.25) is 0 Å². The van der Waals surface area contributed by atoms with Crippen molar-refractivity contribution < 1.29 is 10.2 Å². The molecule has 1 saturated carbocycles. The molecule has 2 nitrogen and oxygen atoms in total. The quantitative estimate of drug-likeness (QED) is 0.769. The van der Waals surface area contributed by atoms with Gasteiger partial charge in [0, 0.05) is 5.41 Å². The van der Waals surface area contributed by atoms with Crippen LogP contribution in [0.4, 0.5) is 0 Å². The van der Waals surface area contributed by atoms with E-state index in [0.717, 1.165) is 32.1 Å². The summed E-state index contributed by atoms with van der Waals surface area (Å²) in [4.78, 5) is 0. The summed E-state index contributed by atoms with van der Waals surface area (Å²) >= 11 is 0. The van der Waals surface area contributed by atoms with E-state index in [1.165, 1.54) is 11.1 Å². The van der Waals surface area contributed by atoms with Gasteiger partial charge in [0.2, 0.25) is 0 Å². The van der Waals surface area contributed by atoms with Crippen molar-refractivity contribution in [3.8, 4) is 18.1 Å². The smallest absolute Gasteiger partial charge is 0.119 e. The maximum absolute atomic E-state index is 10.1. The third kappa shape index (κ3) is 2.11. The number of fused-ring (bicyclic) bond motifs is 3. The fraction of sp³-hybridized carbons (Fsp3) is 0.556. The van der Waals surface area contributed by atoms with Gasteiger partial charge in [0.15, 0.2) is 0 Å². The molecule has 2 heteroatoms. The third-order valence-corrected chi connectivity index (χ3v) is 5.45. The summed E-state index contributed by atoms with van der Waals surface area (Å²) < 4.78 is 0. The fourth-order valence-electron chi connectivity index (χ4n) is 4.24. The molecule has 106 valence electrons. The lowest BCUT2D eigenvalue weighted by Crippen LogP contribution is -2.40. The normalized spacial score (nSPS) is 33.6. The first-order chi connectivity index (χ1) is 9.53. The molecule has 0 unspecified atom stereocenters. The van der Waals surface area contributed by atoms with Crippen LogP contribution in [-0.4, -0.2) is 16.3 Å². The molecule has 0 aliphatic heterocycles. The van der Waals surface area contributed by atoms with E-state index in [1.807, 2.05) is 6.07 Å². The van der Waals surface area contributed by atoms with E-state index in [4.69, 9.17) is 6.42 Å². The first-order valence-corrected chi connectivity index (χ1v) is 7.49. The number of aromatic hydroxyl groups is 1. The molecule has 3 rings (SSSR count). The van der Waals surface area contributed by atoms with Crippen LogP contribution in [0.1, 0.15) is 49.7 Å². The predicted octanol–water partition coefficient (Wildman–Crippen LogP) is 3.22. The molecule has 2 aliphatic rings. The standard InChI is InChI=1S/C18H22O2/c1-3-17(20)18(2)9-8-16-13(11-18)5-4-12-10-14(19)6-7-15(12)16/h1,6-7,10,13,16-17,19-20H,4-5,8-9,11H2,2H3/t13-,16-,17-,18-/m0/s1. The number of hydrogen-bond acceptors (Lipinski definition) is 2. The second-order valence-corrected chi connectivity index (χ2v) is 6.75. The highest BCUT2D eigenvalue weighted by Gasteiger charge is 2.43. The van der Waals surface area contributed by atoms with Crippen molar-refractivity contribution in [2.45, 2.75) is 51.0 Å². The maximum Gasteiger partial charge on any atom is 0.119 e. The van der Waals surface area contributed by atoms with E-state index in [1.54, 1.807) is 6.07 Å². The number of phenolic OH excluding ortho intramolecular Hbond substituents is 1. The van der Waals surface area contributed by atoms with E-state index in [2.05, 4.69) is 18.9 Å². The van der Waals surface area contributed by atoms with Gasteiger partial charge < -0.3 is 10.2 Å². The molecule has 0 radical (unpaired) electrons. The van der Waals surface area contributed by atoms with Crippen LogP contribution in [0.25, 0.3) is 0 Å². The average molecular weight is 270 g/mol. The van der Waals surface area contributed by atoms with Gasteiger partial charge >= 0.3 is 0 Å². The summed E-state index contributed by atoms with van der Waals surface area (Å²) in [5.41, 5.74) is 2.56. The number of aliphatic hydroxyl groups excluding tert-OH is 1. The molecule has 0 amide bonds. The van der Waals surface area contributed by atoms with Gasteiger partial charge in [-0.05, 0) is 67.2 Å². The van der Waals surface area contributed by atoms with Gasteiger partial charge in [0.05, 0.1) is 0 Å². The summed E-state index contributed by atoms with van der Waals surface area (Å²) in [6.07, 6.45) is 10.00. The van der Waals surface area contributed by atoms with Crippen molar-refractivity contribution in [1.82, 2.24) is 0 Å². The van der Waals surface area contributed by atoms with Gasteiger partial charge in [-0.1, -0.05) is 18.9 Å². The highest BCUT2D eigenvalue weighted by Crippen LogP contribution is 2.52. The Hall–Kier alpha value is -1.46. The molecule has 2 N–H and O–H groups in total. The van der Waals surface area contributed by atoms with Crippen molar-refractivity contribution in [1.29, 1.82) is 0 Å². The van der Waals surface area contributed by atoms with E-state index in [-0.39, 0.29) is 5.41 Å². The Morgan fingerprint density at radius 2 is 2.20 bits per heavy atom. The molecule has 1 aromatic rings. The number of phenols is 1. The Balaban J connectivity index is 1.86. The molecule has 0 aromatic heterocycles. The minimum Gasteiger partial charge on any atom is -0.508 e. The predicted molar refractivity (Wildman–Crippen MR) is 79.5 cm³/mol. The third-order valence-electron chi connectivity index (χ3n) is 5.45. The number of benzene rings is 1. The van der Waals surface area contributed by atoms with Crippen molar-refractivity contribution in [2.24, 2.45) is 11.3 Å². The molecular formula is C18H22O2. The number of rotatable bonds is 1. The molecule has 1 aromatic carbocycles. The molecule has 1 fully saturated rings. The molecule has 0 saturated heterocycles. The van der Waals surface area contributed by atoms with Crippen molar-refractivity contribution in [2.75, 3.05) is 0 Å². The second kappa shape index (κ2) is 4.82. The number of terminal acetylenes is 1. The van der Waals surface area contributed by atoms with Crippen LogP contribution in [-0.2, 0) is 6.42 Å². The summed E-state index contributed by atoms with van der Waals surface area (Å²) in [6, 6.07) is 5.79. The molecular weight excluding hydrogens is 248 g/mol. The number of aliphatic hydroxyl groups is 1. The van der Waals surface area contributed by atoms with Gasteiger partial charge in [0.1, 0.15) is 11.9 Å². The molecule has 0 bridgehead atoms. The second-order valence-electron chi connectivity index (χ2n) is 6.75. The monoisotopic (exact) mass is 270 g/mol. The minimum absolute atomic E-state index is 0.135. The first kappa shape index (κ1) is 13.5. The van der Waals surface area contributed by atoms with Gasteiger partial charge in [-0.2, -0.15) is 0 Å². The van der Waals surface area contributed by atoms with Crippen LogP contribution in [0.3, 0.4) is 0 Å². The highest BCUT2D eigenvalue weighted by molar-refractivity contribution is 5.39. The van der Waals surface area contributed by atoms with Crippen molar-refractivity contribution >= 4 is 0 Å². The number of aryl methyl sites for hydroxylation is 1. The van der Waals surface area contributed by atoms with Gasteiger partial charge in [-0.15, -0.1) is 6.42 Å². The van der Waals surface area contributed by atoms with E-state index in [9.17, 15) is 10.2 Å². The van der Waals surface area contributed by atoms with Gasteiger partial charge in [0.25, 0.3) is 0 Å². The van der Waals surface area contributed by atoms with E-state index >= 15 is 0 Å². The summed E-state index contributed by atoms with van der Waals surface area (Å²) in [5.74, 6) is 4.06. The van der Waals surface area contributed by atoms with Crippen LogP contribution >= 0.6 is 0 Å². The SMILES string of the molecule is C#C[C@H](O)[C@@]1(C)CC[C@@H]2c3ccc(O)cc3CC[C@H]2C1. The van der Waals surface area contributed by atoms with Crippen LogP contribution in [0, 0.1) is 23.7 Å². The van der Waals surface area contributed by atoms with E-state index < -0.39 is 6.10 Å². The van der Waals surface area contributed by atoms with Crippen LogP contribution in [0.15, 0.2) is 18.2 Å². The zero-order chi connectivity index (χ0) is 14.3. The van der Waals surface area contributed by atoms with Crippen LogP contribution in [0.5, 0.6) is 5.75 Å². The maximum atomic E-state index is 10.1. The molecule has 0 heterocycles. The largest absolute Gasteiger partial charge is 0.508 e. The lowest BCUT2D eigenvalue weighted by Gasteiger charge is -2.46. The Bertz CT molecular complexity index is 557. The van der Waals surface area contributed by atoms with E-state index in [0.29, 0.717) is 17.6 Å². The summed E-state index contributed by atoms with van der Waals surface area (Å²) in [7, 11) is 0. The zero-order valence-corrected chi connectivity index (χ0v) is 12.0. The molecule has 0 spiro atoms. The Morgan fingerprint density at radius 3 is 2.95 bits per heavy atom. The summed E-state index contributed by atoms with van der Waals surface area (Å²) in [6.45, 7) is 2.13. The topological polar surface area (TPSA) is 40.5 Å². The zero-order valence-electron chi connectivity index (χ0n) is 12.0.